The largest absolute Gasteiger partial charge is 0.298 e. The normalized spacial score (nSPS) is 19.1. The molecule has 0 spiro atoms. The molecule has 148 valence electrons. The molecular formula is C24H26ClFO2. The van der Waals surface area contributed by atoms with Crippen molar-refractivity contribution >= 4 is 23.2 Å². The van der Waals surface area contributed by atoms with Crippen molar-refractivity contribution in [1.82, 2.24) is 0 Å². The maximum absolute atomic E-state index is 14.0. The molecular weight excluding hydrogens is 375 g/mol. The number of rotatable bonds is 3. The number of carbonyl (C=O) groups is 2. The summed E-state index contributed by atoms with van der Waals surface area (Å²) in [5, 5.41) is 0.0651. The Morgan fingerprint density at radius 1 is 0.964 bits per heavy atom. The van der Waals surface area contributed by atoms with E-state index >= 15 is 0 Å². The van der Waals surface area contributed by atoms with Gasteiger partial charge in [0.2, 0.25) is 0 Å². The summed E-state index contributed by atoms with van der Waals surface area (Å²) < 4.78 is 14.0. The van der Waals surface area contributed by atoms with Crippen LogP contribution in [0, 0.1) is 16.6 Å². The predicted molar refractivity (Wildman–Crippen MR) is 111 cm³/mol. The summed E-state index contributed by atoms with van der Waals surface area (Å²) in [6, 6.07) is 10.4. The number of hydrogen-bond acceptors (Lipinski definition) is 2. The number of Topliss-reactive ketones (excluding diaryl/α,β-unsaturated/α-hetero) is 2. The van der Waals surface area contributed by atoms with E-state index in [4.69, 9.17) is 11.6 Å². The van der Waals surface area contributed by atoms with Crippen LogP contribution >= 0.6 is 11.6 Å². The predicted octanol–water partition coefficient (Wildman–Crippen LogP) is 6.39. The quantitative estimate of drug-likeness (QED) is 0.559. The van der Waals surface area contributed by atoms with Crippen molar-refractivity contribution in [2.45, 2.75) is 53.4 Å². The first-order valence-corrected chi connectivity index (χ1v) is 10.0. The first kappa shape index (κ1) is 20.7. The van der Waals surface area contributed by atoms with Crippen molar-refractivity contribution < 1.29 is 14.0 Å². The van der Waals surface area contributed by atoms with Crippen LogP contribution < -0.4 is 0 Å². The van der Waals surface area contributed by atoms with E-state index in [-0.39, 0.29) is 16.6 Å². The molecule has 3 rings (SSSR count). The van der Waals surface area contributed by atoms with E-state index in [1.54, 1.807) is 6.07 Å². The van der Waals surface area contributed by atoms with Gasteiger partial charge in [-0.25, -0.2) is 4.39 Å². The van der Waals surface area contributed by atoms with Crippen LogP contribution in [0.1, 0.15) is 58.1 Å². The molecule has 0 radical (unpaired) electrons. The molecule has 0 saturated heterocycles. The highest BCUT2D eigenvalue weighted by molar-refractivity contribution is 6.30. The lowest BCUT2D eigenvalue weighted by atomic mass is 9.58. The maximum atomic E-state index is 14.0. The lowest BCUT2D eigenvalue weighted by molar-refractivity contribution is -0.146. The summed E-state index contributed by atoms with van der Waals surface area (Å²) >= 11 is 5.81. The zero-order valence-corrected chi connectivity index (χ0v) is 17.8. The van der Waals surface area contributed by atoms with Gasteiger partial charge < -0.3 is 0 Å². The van der Waals surface area contributed by atoms with Gasteiger partial charge in [-0.1, -0.05) is 64.4 Å². The third-order valence-corrected chi connectivity index (χ3v) is 6.14. The van der Waals surface area contributed by atoms with Gasteiger partial charge >= 0.3 is 0 Å². The molecule has 0 N–H and O–H groups in total. The van der Waals surface area contributed by atoms with E-state index < -0.39 is 22.6 Å². The smallest absolute Gasteiger partial charge is 0.153 e. The van der Waals surface area contributed by atoms with E-state index in [9.17, 15) is 14.0 Å². The molecule has 0 aliphatic heterocycles. The van der Waals surface area contributed by atoms with Crippen molar-refractivity contribution in [3.05, 3.63) is 58.4 Å². The topological polar surface area (TPSA) is 34.1 Å². The van der Waals surface area contributed by atoms with Crippen LogP contribution in [0.5, 0.6) is 0 Å². The third kappa shape index (κ3) is 3.53. The Labute approximate surface area is 171 Å². The lowest BCUT2D eigenvalue weighted by Gasteiger charge is -2.42. The highest BCUT2D eigenvalue weighted by atomic mass is 35.5. The van der Waals surface area contributed by atoms with Crippen LogP contribution in [0.3, 0.4) is 0 Å². The van der Waals surface area contributed by atoms with Gasteiger partial charge in [-0.15, -0.1) is 0 Å². The number of carbonyl (C=O) groups excluding carboxylic acids is 2. The SMILES string of the molecule is CCc1ccc(-c2ccc(Cl)c(F)c2)cc1C1C(=O)C(C)(C)CC(C)(C)C1=O. The van der Waals surface area contributed by atoms with Crippen LogP contribution in [-0.4, -0.2) is 11.6 Å². The van der Waals surface area contributed by atoms with Gasteiger partial charge in [0.15, 0.2) is 11.6 Å². The number of benzene rings is 2. The second-order valence-electron chi connectivity index (χ2n) is 9.00. The van der Waals surface area contributed by atoms with Crippen LogP contribution in [0.2, 0.25) is 5.02 Å². The molecule has 1 saturated carbocycles. The average molecular weight is 401 g/mol. The molecule has 1 fully saturated rings. The molecule has 2 nitrogen and oxygen atoms in total. The Bertz CT molecular complexity index is 933. The zero-order chi connectivity index (χ0) is 20.9. The van der Waals surface area contributed by atoms with Gasteiger partial charge in [-0.05, 0) is 53.3 Å². The van der Waals surface area contributed by atoms with Crippen molar-refractivity contribution in [3.63, 3.8) is 0 Å². The van der Waals surface area contributed by atoms with Gasteiger partial charge in [0.1, 0.15) is 11.7 Å². The molecule has 1 aliphatic carbocycles. The number of halogens is 2. The summed E-state index contributed by atoms with van der Waals surface area (Å²) in [4.78, 5) is 26.5. The van der Waals surface area contributed by atoms with E-state index in [1.165, 1.54) is 12.1 Å². The standard InChI is InChI=1S/C24H26ClFO2/c1-6-14-7-8-15(16-9-10-18(25)19(26)12-16)11-17(14)20-21(27)23(2,3)13-24(4,5)22(20)28/h7-12,20H,6,13H2,1-5H3. The van der Waals surface area contributed by atoms with Crippen LogP contribution in [-0.2, 0) is 16.0 Å². The molecule has 0 aromatic heterocycles. The Morgan fingerprint density at radius 2 is 1.50 bits per heavy atom. The number of aryl methyl sites for hydroxylation is 1. The summed E-state index contributed by atoms with van der Waals surface area (Å²) in [7, 11) is 0. The highest BCUT2D eigenvalue weighted by Crippen LogP contribution is 2.48. The van der Waals surface area contributed by atoms with Crippen molar-refractivity contribution in [1.29, 1.82) is 0 Å². The van der Waals surface area contributed by atoms with E-state index in [0.717, 1.165) is 16.7 Å². The lowest BCUT2D eigenvalue weighted by Crippen LogP contribution is -2.48. The number of ketones is 2. The minimum atomic E-state index is -0.786. The molecule has 0 atom stereocenters. The molecule has 0 bridgehead atoms. The summed E-state index contributed by atoms with van der Waals surface area (Å²) in [5.74, 6) is -1.35. The van der Waals surface area contributed by atoms with E-state index in [0.29, 0.717) is 18.4 Å². The van der Waals surface area contributed by atoms with Crippen molar-refractivity contribution in [3.8, 4) is 11.1 Å². The van der Waals surface area contributed by atoms with Gasteiger partial charge in [0.05, 0.1) is 5.02 Å². The monoisotopic (exact) mass is 400 g/mol. The Morgan fingerprint density at radius 3 is 2.04 bits per heavy atom. The molecule has 4 heteroatoms. The molecule has 0 heterocycles. The molecule has 2 aromatic rings. The Hall–Kier alpha value is -2.00. The second-order valence-corrected chi connectivity index (χ2v) is 9.41. The number of hydrogen-bond donors (Lipinski definition) is 0. The summed E-state index contributed by atoms with van der Waals surface area (Å²) in [5.41, 5.74) is 2.00. The van der Waals surface area contributed by atoms with E-state index in [1.807, 2.05) is 52.8 Å². The first-order valence-electron chi connectivity index (χ1n) is 9.65. The first-order chi connectivity index (χ1) is 13.0. The van der Waals surface area contributed by atoms with Gasteiger partial charge in [0, 0.05) is 10.8 Å². The van der Waals surface area contributed by atoms with Crippen LogP contribution in [0.4, 0.5) is 4.39 Å². The van der Waals surface area contributed by atoms with Gasteiger partial charge in [-0.3, -0.25) is 9.59 Å². The third-order valence-electron chi connectivity index (χ3n) is 5.83. The molecule has 28 heavy (non-hydrogen) atoms. The van der Waals surface area contributed by atoms with Crippen molar-refractivity contribution in [2.75, 3.05) is 0 Å². The highest BCUT2D eigenvalue weighted by Gasteiger charge is 2.52. The Kier molecular flexibility index (Phi) is 5.26. The molecule has 0 unspecified atom stereocenters. The Balaban J connectivity index is 2.18. The van der Waals surface area contributed by atoms with Crippen LogP contribution in [0.15, 0.2) is 36.4 Å². The van der Waals surface area contributed by atoms with Crippen molar-refractivity contribution in [2.24, 2.45) is 10.8 Å². The minimum Gasteiger partial charge on any atom is -0.298 e. The van der Waals surface area contributed by atoms with Gasteiger partial charge in [0.25, 0.3) is 0 Å². The second kappa shape index (κ2) is 7.11. The summed E-state index contributed by atoms with van der Waals surface area (Å²) in [6.07, 6.45) is 1.25. The molecule has 1 aliphatic rings. The maximum Gasteiger partial charge on any atom is 0.153 e. The fraction of sp³-hybridized carbons (Fsp3) is 0.417. The fourth-order valence-electron chi connectivity index (χ4n) is 4.50. The van der Waals surface area contributed by atoms with E-state index in [2.05, 4.69) is 0 Å². The molecule has 0 amide bonds. The fourth-order valence-corrected chi connectivity index (χ4v) is 4.62. The van der Waals surface area contributed by atoms with Crippen LogP contribution in [0.25, 0.3) is 11.1 Å². The average Bonchev–Trinajstić information content (AvgIpc) is 2.62. The zero-order valence-electron chi connectivity index (χ0n) is 17.0. The van der Waals surface area contributed by atoms with Gasteiger partial charge in [-0.2, -0.15) is 0 Å². The molecule has 2 aromatic carbocycles. The summed E-state index contributed by atoms with van der Waals surface area (Å²) in [6.45, 7) is 9.68. The minimum absolute atomic E-state index is 0.0361.